The van der Waals surface area contributed by atoms with Crippen LogP contribution in [0.5, 0.6) is 0 Å². The Morgan fingerprint density at radius 1 is 1.14 bits per heavy atom. The van der Waals surface area contributed by atoms with E-state index in [4.69, 9.17) is 0 Å². The van der Waals surface area contributed by atoms with Crippen LogP contribution in [0, 0.1) is 0 Å². The molecular weight excluding hydrogens is 364 g/mol. The highest BCUT2D eigenvalue weighted by Gasteiger charge is 2.27. The number of fused-ring (bicyclic) bond motifs is 1. The second-order valence-corrected chi connectivity index (χ2v) is 8.00. The SMILES string of the molecule is CCCCCNC(=O)c1nc(C(=O)Nc2ccccc2C(C)C)c2n1CCCC2. The first-order valence-electron chi connectivity index (χ1n) is 10.8. The Morgan fingerprint density at radius 3 is 2.69 bits per heavy atom. The molecule has 0 radical (unpaired) electrons. The Kier molecular flexibility index (Phi) is 7.07. The molecular formula is C23H32N4O2. The molecule has 156 valence electrons. The minimum absolute atomic E-state index is 0.189. The Bertz CT molecular complexity index is 870. The standard InChI is InChI=1S/C23H32N4O2/c1-4-5-9-14-24-23(29)21-26-20(19-13-8-10-15-27(19)21)22(28)25-18-12-7-6-11-17(18)16(2)3/h6-7,11-12,16H,4-5,8-10,13-15H2,1-3H3,(H,24,29)(H,25,28). The molecule has 0 fully saturated rings. The van der Waals surface area contributed by atoms with Crippen molar-refractivity contribution in [2.45, 2.75) is 71.8 Å². The van der Waals surface area contributed by atoms with E-state index >= 15 is 0 Å². The lowest BCUT2D eigenvalue weighted by atomic mass is 10.0. The maximum atomic E-state index is 13.1. The zero-order valence-corrected chi connectivity index (χ0v) is 17.8. The Labute approximate surface area is 173 Å². The molecule has 2 N–H and O–H groups in total. The summed E-state index contributed by atoms with van der Waals surface area (Å²) in [5.74, 6) is 0.227. The number of amides is 2. The first-order valence-corrected chi connectivity index (χ1v) is 10.8. The summed E-state index contributed by atoms with van der Waals surface area (Å²) in [6.45, 7) is 7.71. The Hall–Kier alpha value is -2.63. The van der Waals surface area contributed by atoms with Crippen molar-refractivity contribution in [2.24, 2.45) is 0 Å². The van der Waals surface area contributed by atoms with Crippen LogP contribution in [-0.4, -0.2) is 27.9 Å². The van der Waals surface area contributed by atoms with Gasteiger partial charge in [0.1, 0.15) is 0 Å². The van der Waals surface area contributed by atoms with Crippen molar-refractivity contribution in [3.05, 3.63) is 47.0 Å². The van der Waals surface area contributed by atoms with Crippen molar-refractivity contribution in [1.29, 1.82) is 0 Å². The predicted octanol–water partition coefficient (Wildman–Crippen LogP) is 4.52. The molecule has 0 spiro atoms. The quantitative estimate of drug-likeness (QED) is 0.644. The fourth-order valence-corrected chi connectivity index (χ4v) is 3.85. The molecule has 0 aliphatic carbocycles. The van der Waals surface area contributed by atoms with Gasteiger partial charge in [-0.25, -0.2) is 4.98 Å². The minimum atomic E-state index is -0.242. The molecule has 1 aromatic carbocycles. The summed E-state index contributed by atoms with van der Waals surface area (Å²) in [7, 11) is 0. The fourth-order valence-electron chi connectivity index (χ4n) is 3.85. The average Bonchev–Trinajstić information content (AvgIpc) is 3.11. The van der Waals surface area contributed by atoms with E-state index in [2.05, 4.69) is 36.4 Å². The van der Waals surface area contributed by atoms with Crippen LogP contribution >= 0.6 is 0 Å². The van der Waals surface area contributed by atoms with Gasteiger partial charge in [-0.05, 0) is 43.2 Å². The topological polar surface area (TPSA) is 76.0 Å². The molecule has 2 heterocycles. The number of benzene rings is 1. The van der Waals surface area contributed by atoms with Gasteiger partial charge in [-0.2, -0.15) is 0 Å². The van der Waals surface area contributed by atoms with Gasteiger partial charge in [-0.1, -0.05) is 51.8 Å². The molecule has 0 atom stereocenters. The molecule has 2 amide bonds. The number of carbonyl (C=O) groups is 2. The van der Waals surface area contributed by atoms with Crippen LogP contribution in [0.25, 0.3) is 0 Å². The summed E-state index contributed by atoms with van der Waals surface area (Å²) >= 11 is 0. The highest BCUT2D eigenvalue weighted by atomic mass is 16.2. The normalized spacial score (nSPS) is 13.2. The zero-order chi connectivity index (χ0) is 20.8. The molecule has 0 bridgehead atoms. The predicted molar refractivity (Wildman–Crippen MR) is 116 cm³/mol. The van der Waals surface area contributed by atoms with Crippen molar-refractivity contribution in [3.8, 4) is 0 Å². The number of hydrogen-bond donors (Lipinski definition) is 2. The van der Waals surface area contributed by atoms with E-state index in [-0.39, 0.29) is 11.8 Å². The molecule has 1 aliphatic rings. The van der Waals surface area contributed by atoms with Crippen LogP contribution in [0.15, 0.2) is 24.3 Å². The van der Waals surface area contributed by atoms with Gasteiger partial charge in [-0.15, -0.1) is 0 Å². The number of para-hydroxylation sites is 1. The third kappa shape index (κ3) is 4.86. The van der Waals surface area contributed by atoms with E-state index in [0.717, 1.165) is 62.0 Å². The van der Waals surface area contributed by atoms with Crippen molar-refractivity contribution < 1.29 is 9.59 Å². The highest BCUT2D eigenvalue weighted by Crippen LogP contribution is 2.26. The Morgan fingerprint density at radius 2 is 1.93 bits per heavy atom. The van der Waals surface area contributed by atoms with Crippen LogP contribution in [-0.2, 0) is 13.0 Å². The summed E-state index contributed by atoms with van der Waals surface area (Å²) in [5, 5.41) is 5.98. The lowest BCUT2D eigenvalue weighted by Gasteiger charge is -2.17. The first-order chi connectivity index (χ1) is 14.0. The van der Waals surface area contributed by atoms with E-state index in [1.54, 1.807) is 0 Å². The smallest absolute Gasteiger partial charge is 0.287 e. The molecule has 0 saturated carbocycles. The maximum absolute atomic E-state index is 13.1. The molecule has 1 aromatic heterocycles. The van der Waals surface area contributed by atoms with Crippen molar-refractivity contribution in [1.82, 2.24) is 14.9 Å². The summed E-state index contributed by atoms with van der Waals surface area (Å²) in [6, 6.07) is 7.83. The number of unbranched alkanes of at least 4 members (excludes halogenated alkanes) is 2. The van der Waals surface area contributed by atoms with E-state index in [1.807, 2.05) is 28.8 Å². The molecule has 2 aromatic rings. The molecule has 3 rings (SSSR count). The lowest BCUT2D eigenvalue weighted by molar-refractivity contribution is 0.0937. The molecule has 6 nitrogen and oxygen atoms in total. The number of imidazole rings is 1. The van der Waals surface area contributed by atoms with Crippen molar-refractivity contribution in [3.63, 3.8) is 0 Å². The van der Waals surface area contributed by atoms with Crippen LogP contribution < -0.4 is 10.6 Å². The zero-order valence-electron chi connectivity index (χ0n) is 17.8. The van der Waals surface area contributed by atoms with Gasteiger partial charge in [0.05, 0.1) is 5.69 Å². The third-order valence-corrected chi connectivity index (χ3v) is 5.43. The highest BCUT2D eigenvalue weighted by molar-refractivity contribution is 6.05. The van der Waals surface area contributed by atoms with Gasteiger partial charge in [0.15, 0.2) is 11.5 Å². The maximum Gasteiger partial charge on any atom is 0.287 e. The van der Waals surface area contributed by atoms with E-state index in [0.29, 0.717) is 24.0 Å². The monoisotopic (exact) mass is 396 g/mol. The summed E-state index contributed by atoms with van der Waals surface area (Å²) in [6.07, 6.45) is 5.92. The molecule has 0 unspecified atom stereocenters. The van der Waals surface area contributed by atoms with Gasteiger partial charge in [0.2, 0.25) is 0 Å². The molecule has 0 saturated heterocycles. The van der Waals surface area contributed by atoms with E-state index in [1.165, 1.54) is 0 Å². The summed E-state index contributed by atoms with van der Waals surface area (Å²) in [4.78, 5) is 30.3. The van der Waals surface area contributed by atoms with Gasteiger partial charge in [-0.3, -0.25) is 9.59 Å². The number of carbonyl (C=O) groups excluding carboxylic acids is 2. The van der Waals surface area contributed by atoms with Crippen LogP contribution in [0.3, 0.4) is 0 Å². The van der Waals surface area contributed by atoms with Gasteiger partial charge in [0, 0.05) is 18.8 Å². The molecule has 29 heavy (non-hydrogen) atoms. The second-order valence-electron chi connectivity index (χ2n) is 8.00. The van der Waals surface area contributed by atoms with Crippen molar-refractivity contribution in [2.75, 3.05) is 11.9 Å². The van der Waals surface area contributed by atoms with E-state index < -0.39 is 0 Å². The van der Waals surface area contributed by atoms with Crippen LogP contribution in [0.1, 0.15) is 91.2 Å². The summed E-state index contributed by atoms with van der Waals surface area (Å²) in [5.41, 5.74) is 3.13. The lowest BCUT2D eigenvalue weighted by Crippen LogP contribution is -2.28. The van der Waals surface area contributed by atoms with Crippen LogP contribution in [0.4, 0.5) is 5.69 Å². The number of nitrogens with one attached hydrogen (secondary N) is 2. The van der Waals surface area contributed by atoms with Crippen molar-refractivity contribution >= 4 is 17.5 Å². The third-order valence-electron chi connectivity index (χ3n) is 5.43. The summed E-state index contributed by atoms with van der Waals surface area (Å²) < 4.78 is 1.93. The van der Waals surface area contributed by atoms with Gasteiger partial charge in [0.25, 0.3) is 11.8 Å². The number of hydrogen-bond acceptors (Lipinski definition) is 3. The average molecular weight is 397 g/mol. The second kappa shape index (κ2) is 9.72. The molecule has 1 aliphatic heterocycles. The minimum Gasteiger partial charge on any atom is -0.349 e. The van der Waals surface area contributed by atoms with Crippen LogP contribution in [0.2, 0.25) is 0 Å². The number of anilines is 1. The van der Waals surface area contributed by atoms with E-state index in [9.17, 15) is 9.59 Å². The first kappa shape index (κ1) is 21.1. The number of aromatic nitrogens is 2. The fraction of sp³-hybridized carbons (Fsp3) is 0.522. The largest absolute Gasteiger partial charge is 0.349 e. The van der Waals surface area contributed by atoms with Gasteiger partial charge < -0.3 is 15.2 Å². The number of nitrogens with zero attached hydrogens (tertiary/aromatic N) is 2. The van der Waals surface area contributed by atoms with Gasteiger partial charge >= 0.3 is 0 Å². The number of rotatable bonds is 8. The molecule has 6 heteroatoms. The Balaban J connectivity index is 1.83.